The third-order valence-corrected chi connectivity index (χ3v) is 10.3. The number of rotatable bonds is 7. The van der Waals surface area contributed by atoms with Crippen LogP contribution >= 0.6 is 11.6 Å². The molecule has 2 bridgehead atoms. The molecule has 0 radical (unpaired) electrons. The van der Waals surface area contributed by atoms with Gasteiger partial charge in [0, 0.05) is 42.4 Å². The van der Waals surface area contributed by atoms with E-state index < -0.39 is 6.04 Å². The molecule has 8 rings (SSSR count). The van der Waals surface area contributed by atoms with Crippen LogP contribution < -0.4 is 16.2 Å². The number of benzene rings is 2. The minimum atomic E-state index is -0.438. The van der Waals surface area contributed by atoms with E-state index in [2.05, 4.69) is 53.3 Å². The van der Waals surface area contributed by atoms with Crippen molar-refractivity contribution in [3.8, 4) is 6.07 Å². The Kier molecular flexibility index (Phi) is 7.51. The second kappa shape index (κ2) is 11.4. The first-order valence-corrected chi connectivity index (χ1v) is 16.5. The smallest absolute Gasteiger partial charge is 0.258 e. The van der Waals surface area contributed by atoms with Crippen LogP contribution in [0.2, 0.25) is 5.02 Å². The summed E-state index contributed by atoms with van der Waals surface area (Å²) in [6, 6.07) is 13.5. The van der Waals surface area contributed by atoms with E-state index in [-0.39, 0.29) is 16.5 Å². The molecular formula is C36H39ClN8O. The van der Waals surface area contributed by atoms with Crippen molar-refractivity contribution in [3.63, 3.8) is 0 Å². The Labute approximate surface area is 273 Å². The number of aromatic nitrogens is 5. The number of nitrogens with one attached hydrogen (secondary N) is 2. The second-order valence-electron chi connectivity index (χ2n) is 14.3. The zero-order chi connectivity index (χ0) is 32.2. The van der Waals surface area contributed by atoms with Crippen LogP contribution in [-0.2, 0) is 12.6 Å². The van der Waals surface area contributed by atoms with Crippen LogP contribution in [-0.4, -0.2) is 31.1 Å². The molecule has 3 aromatic heterocycles. The monoisotopic (exact) mass is 634 g/mol. The summed E-state index contributed by atoms with van der Waals surface area (Å²) in [7, 11) is 1.76. The van der Waals surface area contributed by atoms with Gasteiger partial charge in [0.25, 0.3) is 5.56 Å². The number of nitrogens with zero attached hydrogens (tertiary/aromatic N) is 6. The van der Waals surface area contributed by atoms with Crippen molar-refractivity contribution in [1.29, 1.82) is 5.26 Å². The largest absolute Gasteiger partial charge is 0.383 e. The van der Waals surface area contributed by atoms with Gasteiger partial charge < -0.3 is 15.2 Å². The molecular weight excluding hydrogens is 596 g/mol. The molecule has 2 N–H and O–H groups in total. The first kappa shape index (κ1) is 30.2. The van der Waals surface area contributed by atoms with Crippen LogP contribution in [0, 0.1) is 22.7 Å². The summed E-state index contributed by atoms with van der Waals surface area (Å²) in [5.74, 6) is 0.842. The van der Waals surface area contributed by atoms with Crippen molar-refractivity contribution in [3.05, 3.63) is 87.2 Å². The minimum Gasteiger partial charge on any atom is -0.383 e. The minimum absolute atomic E-state index is 0.0124. The van der Waals surface area contributed by atoms with Crippen molar-refractivity contribution in [2.45, 2.75) is 70.9 Å². The van der Waals surface area contributed by atoms with E-state index in [9.17, 15) is 10.1 Å². The maximum atomic E-state index is 13.2. The van der Waals surface area contributed by atoms with Crippen LogP contribution in [0.3, 0.4) is 0 Å². The highest BCUT2D eigenvalue weighted by molar-refractivity contribution is 6.35. The topological polar surface area (TPSA) is 113 Å². The molecule has 3 fully saturated rings. The van der Waals surface area contributed by atoms with E-state index >= 15 is 0 Å². The SMILES string of the molecule is Cn1ccc2c(C(Nc3cc(Cl)c4ncc(C#N)c(NCC(C)(C)C)c4c3)c3cn(C45CCC(CC4)CC5)nn3)cccc2c1=O. The van der Waals surface area contributed by atoms with Crippen molar-refractivity contribution >= 4 is 44.7 Å². The standard InChI is InChI=1S/C36H39ClN8O/c1-35(2,3)21-40-31-23(18-38)19-39-32-28(31)16-24(17-29(32)37)41-33(26-6-5-7-27-25(26)11-15-44(4)34(27)46)30-20-45(43-42-30)36-12-8-22(9-13-36)10-14-36/h5-7,11,15-17,19-20,22,33,41H,8-10,12-14,21H2,1-4H3,(H,39,40). The van der Waals surface area contributed by atoms with Crippen LogP contribution in [0.1, 0.15) is 82.2 Å². The summed E-state index contributed by atoms with van der Waals surface area (Å²) in [5, 5.41) is 29.4. The molecule has 10 heteroatoms. The lowest BCUT2D eigenvalue weighted by Gasteiger charge is -2.46. The average Bonchev–Trinajstić information content (AvgIpc) is 3.56. The molecule has 0 saturated heterocycles. The number of hydrogen-bond donors (Lipinski definition) is 2. The maximum absolute atomic E-state index is 13.2. The number of pyridine rings is 2. The Morgan fingerprint density at radius 3 is 2.59 bits per heavy atom. The first-order valence-electron chi connectivity index (χ1n) is 16.1. The lowest BCUT2D eigenvalue weighted by molar-refractivity contribution is 0.0613. The van der Waals surface area contributed by atoms with Gasteiger partial charge in [0.2, 0.25) is 0 Å². The van der Waals surface area contributed by atoms with Crippen molar-refractivity contribution in [2.75, 3.05) is 17.2 Å². The summed E-state index contributed by atoms with van der Waals surface area (Å²) in [6.07, 6.45) is 12.6. The van der Waals surface area contributed by atoms with Crippen LogP contribution in [0.4, 0.5) is 11.4 Å². The molecule has 0 amide bonds. The van der Waals surface area contributed by atoms with Gasteiger partial charge in [0.15, 0.2) is 0 Å². The fourth-order valence-electron chi connectivity index (χ4n) is 7.31. The Hall–Kier alpha value is -4.42. The fourth-order valence-corrected chi connectivity index (χ4v) is 7.58. The van der Waals surface area contributed by atoms with E-state index in [0.717, 1.165) is 52.9 Å². The Morgan fingerprint density at radius 1 is 1.11 bits per heavy atom. The van der Waals surface area contributed by atoms with Crippen LogP contribution in [0.25, 0.3) is 21.7 Å². The highest BCUT2D eigenvalue weighted by Crippen LogP contribution is 2.48. The molecule has 5 aromatic rings. The summed E-state index contributed by atoms with van der Waals surface area (Å²) >= 11 is 6.89. The molecule has 0 spiro atoms. The summed E-state index contributed by atoms with van der Waals surface area (Å²) in [6.45, 7) is 7.09. The average molecular weight is 635 g/mol. The summed E-state index contributed by atoms with van der Waals surface area (Å²) in [4.78, 5) is 17.7. The lowest BCUT2D eigenvalue weighted by atomic mass is 9.66. The maximum Gasteiger partial charge on any atom is 0.258 e. The normalized spacial score (nSPS) is 20.1. The lowest BCUT2D eigenvalue weighted by Crippen LogP contribution is -2.43. The highest BCUT2D eigenvalue weighted by Gasteiger charge is 2.43. The van der Waals surface area contributed by atoms with Gasteiger partial charge in [0.1, 0.15) is 11.8 Å². The zero-order valence-electron chi connectivity index (χ0n) is 26.8. The molecule has 46 heavy (non-hydrogen) atoms. The molecule has 0 aliphatic heterocycles. The molecule has 3 aliphatic rings. The van der Waals surface area contributed by atoms with Gasteiger partial charge in [-0.2, -0.15) is 5.26 Å². The Morgan fingerprint density at radius 2 is 1.87 bits per heavy atom. The molecule has 3 aliphatic carbocycles. The van der Waals surface area contributed by atoms with Gasteiger partial charge in [-0.15, -0.1) is 5.10 Å². The molecule has 1 atom stereocenters. The predicted octanol–water partition coefficient (Wildman–Crippen LogP) is 7.54. The van der Waals surface area contributed by atoms with Crippen LogP contribution in [0.5, 0.6) is 0 Å². The molecule has 2 aromatic carbocycles. The first-order chi connectivity index (χ1) is 22.0. The van der Waals surface area contributed by atoms with Gasteiger partial charge in [-0.25, -0.2) is 4.68 Å². The predicted molar refractivity (Wildman–Crippen MR) is 183 cm³/mol. The Balaban J connectivity index is 1.37. The van der Waals surface area contributed by atoms with Crippen molar-refractivity contribution in [1.82, 2.24) is 24.5 Å². The molecule has 9 nitrogen and oxygen atoms in total. The Bertz CT molecular complexity index is 2050. The van der Waals surface area contributed by atoms with E-state index in [4.69, 9.17) is 21.9 Å². The molecule has 1 unspecified atom stereocenters. The molecule has 236 valence electrons. The van der Waals surface area contributed by atoms with E-state index in [1.165, 1.54) is 19.3 Å². The fraction of sp³-hybridized carbons (Fsp3) is 0.417. The number of halogens is 1. The summed E-state index contributed by atoms with van der Waals surface area (Å²) < 4.78 is 3.71. The van der Waals surface area contributed by atoms with Crippen molar-refractivity contribution in [2.24, 2.45) is 18.4 Å². The number of hydrogen-bond acceptors (Lipinski definition) is 7. The summed E-state index contributed by atoms with van der Waals surface area (Å²) in [5.41, 5.74) is 4.14. The van der Waals surface area contributed by atoms with E-state index in [1.807, 2.05) is 36.4 Å². The van der Waals surface area contributed by atoms with Gasteiger partial charge in [-0.1, -0.05) is 49.7 Å². The highest BCUT2D eigenvalue weighted by atomic mass is 35.5. The van der Waals surface area contributed by atoms with E-state index in [1.54, 1.807) is 24.0 Å². The van der Waals surface area contributed by atoms with Gasteiger partial charge in [-0.05, 0) is 85.1 Å². The number of anilines is 2. The third-order valence-electron chi connectivity index (χ3n) is 9.96. The van der Waals surface area contributed by atoms with Gasteiger partial charge in [0.05, 0.1) is 39.6 Å². The second-order valence-corrected chi connectivity index (χ2v) is 14.7. The third kappa shape index (κ3) is 5.39. The number of fused-ring (bicyclic) bond motifs is 5. The van der Waals surface area contributed by atoms with Gasteiger partial charge in [-0.3, -0.25) is 9.78 Å². The van der Waals surface area contributed by atoms with E-state index in [0.29, 0.717) is 33.7 Å². The quantitative estimate of drug-likeness (QED) is 0.190. The molecule has 3 heterocycles. The van der Waals surface area contributed by atoms with Crippen molar-refractivity contribution < 1.29 is 0 Å². The van der Waals surface area contributed by atoms with Gasteiger partial charge >= 0.3 is 0 Å². The number of aryl methyl sites for hydroxylation is 1. The zero-order valence-corrected chi connectivity index (χ0v) is 27.5. The number of nitriles is 1. The molecule has 3 saturated carbocycles. The van der Waals surface area contributed by atoms with Crippen LogP contribution in [0.15, 0.2) is 59.8 Å².